The molecule has 0 unspecified atom stereocenters. The molecule has 0 atom stereocenters. The monoisotopic (exact) mass is 573 g/mol. The van der Waals surface area contributed by atoms with Gasteiger partial charge in [0.25, 0.3) is 17.2 Å². The minimum Gasteiger partial charge on any atom is -0.272 e. The minimum absolute atomic E-state index is 0.00904. The average Bonchev–Trinajstić information content (AvgIpc) is 3.45. The van der Waals surface area contributed by atoms with Gasteiger partial charge in [-0.05, 0) is 55.2 Å². The summed E-state index contributed by atoms with van der Waals surface area (Å²) in [6.45, 7) is 0. The summed E-state index contributed by atoms with van der Waals surface area (Å²) in [5.74, 6) is -0.496. The number of fused-ring (bicyclic) bond motifs is 3. The number of nitro groups is 1. The fourth-order valence-electron chi connectivity index (χ4n) is 4.03. The zero-order chi connectivity index (χ0) is 26.1. The molecule has 1 aliphatic rings. The Kier molecular flexibility index (Phi) is 7.29. The molecule has 0 radical (unpaired) electrons. The number of thiophene rings is 1. The Morgan fingerprint density at radius 1 is 1.24 bits per heavy atom. The number of aromatic nitrogens is 2. The lowest BCUT2D eigenvalue weighted by molar-refractivity contribution is -0.384. The number of carbonyl (C=O) groups is 1. The van der Waals surface area contributed by atoms with Crippen LogP contribution in [0.3, 0.4) is 0 Å². The number of thioether (sulfide) groups is 1. The highest BCUT2D eigenvalue weighted by Gasteiger charge is 2.24. The van der Waals surface area contributed by atoms with E-state index in [0.29, 0.717) is 31.6 Å². The van der Waals surface area contributed by atoms with E-state index in [1.165, 1.54) is 39.1 Å². The van der Waals surface area contributed by atoms with E-state index in [-0.39, 0.29) is 22.0 Å². The molecule has 5 rings (SSSR count). The molecule has 0 saturated heterocycles. The molecule has 2 aromatic heterocycles. The van der Waals surface area contributed by atoms with Gasteiger partial charge in [0.2, 0.25) is 0 Å². The number of nitrogens with one attached hydrogen (secondary N) is 1. The summed E-state index contributed by atoms with van der Waals surface area (Å²) in [5.41, 5.74) is 4.05. The summed E-state index contributed by atoms with van der Waals surface area (Å²) < 4.78 is 1.51. The van der Waals surface area contributed by atoms with Crippen LogP contribution in [0.25, 0.3) is 15.9 Å². The number of nitro benzene ring substituents is 1. The predicted octanol–water partition coefficient (Wildman–Crippen LogP) is 5.39. The van der Waals surface area contributed by atoms with E-state index in [9.17, 15) is 19.7 Å². The van der Waals surface area contributed by atoms with Crippen molar-refractivity contribution in [3.8, 4) is 5.69 Å². The molecule has 0 saturated carbocycles. The van der Waals surface area contributed by atoms with E-state index in [2.05, 4.69) is 10.5 Å². The third-order valence-electron chi connectivity index (χ3n) is 5.70. The lowest BCUT2D eigenvalue weighted by atomic mass is 10.2. The second-order valence-corrected chi connectivity index (χ2v) is 11.0. The van der Waals surface area contributed by atoms with Gasteiger partial charge in [-0.15, -0.1) is 11.3 Å². The smallest absolute Gasteiger partial charge is 0.272 e. The number of halogens is 2. The number of amides is 1. The Labute approximate surface area is 228 Å². The van der Waals surface area contributed by atoms with Crippen molar-refractivity contribution < 1.29 is 9.72 Å². The van der Waals surface area contributed by atoms with Gasteiger partial charge in [0.05, 0.1) is 28.0 Å². The Bertz CT molecular complexity index is 1630. The van der Waals surface area contributed by atoms with Gasteiger partial charge in [-0.1, -0.05) is 41.0 Å². The minimum atomic E-state index is -0.596. The van der Waals surface area contributed by atoms with E-state index in [1.54, 1.807) is 30.3 Å². The molecular formula is C24H17Cl2N5O4S2. The highest BCUT2D eigenvalue weighted by molar-refractivity contribution is 7.99. The first-order valence-electron chi connectivity index (χ1n) is 11.0. The summed E-state index contributed by atoms with van der Waals surface area (Å²) in [7, 11) is 0. The molecule has 0 fully saturated rings. The summed E-state index contributed by atoms with van der Waals surface area (Å²) in [4.78, 5) is 43.2. The van der Waals surface area contributed by atoms with Crippen LogP contribution in [-0.2, 0) is 17.6 Å². The van der Waals surface area contributed by atoms with E-state index in [4.69, 9.17) is 28.2 Å². The Balaban J connectivity index is 1.38. The zero-order valence-corrected chi connectivity index (χ0v) is 22.1. The third-order valence-corrected chi connectivity index (χ3v) is 8.39. The van der Waals surface area contributed by atoms with E-state index < -0.39 is 10.8 Å². The number of aryl methyl sites for hydroxylation is 2. The second-order valence-electron chi connectivity index (χ2n) is 8.10. The van der Waals surface area contributed by atoms with Crippen LogP contribution < -0.4 is 11.0 Å². The number of carbonyl (C=O) groups excluding carboxylic acids is 1. The molecule has 0 spiro atoms. The third kappa shape index (κ3) is 5.26. The molecule has 0 aliphatic heterocycles. The number of hydrogen-bond acceptors (Lipinski definition) is 8. The number of hydrazone groups is 1. The van der Waals surface area contributed by atoms with Crippen molar-refractivity contribution in [3.05, 3.63) is 89.0 Å². The highest BCUT2D eigenvalue weighted by atomic mass is 35.5. The van der Waals surface area contributed by atoms with Gasteiger partial charge in [-0.2, -0.15) is 5.10 Å². The maximum Gasteiger partial charge on any atom is 0.288 e. The Hall–Kier alpha value is -3.25. The first kappa shape index (κ1) is 25.4. The topological polar surface area (TPSA) is 119 Å². The molecular weight excluding hydrogens is 557 g/mol. The zero-order valence-electron chi connectivity index (χ0n) is 18.9. The summed E-state index contributed by atoms with van der Waals surface area (Å²) in [5, 5.41) is 16.5. The summed E-state index contributed by atoms with van der Waals surface area (Å²) in [6.07, 6.45) is 4.11. The molecule has 13 heteroatoms. The van der Waals surface area contributed by atoms with Crippen LogP contribution in [-0.4, -0.2) is 32.3 Å². The number of nitrogens with zero attached hydrogens (tertiary/aromatic N) is 4. The van der Waals surface area contributed by atoms with E-state index in [0.717, 1.165) is 36.6 Å². The molecule has 1 N–H and O–H groups in total. The lowest BCUT2D eigenvalue weighted by Crippen LogP contribution is -2.24. The highest BCUT2D eigenvalue weighted by Crippen LogP contribution is 2.36. The Morgan fingerprint density at radius 2 is 2.03 bits per heavy atom. The number of rotatable bonds is 7. The van der Waals surface area contributed by atoms with Crippen molar-refractivity contribution in [1.29, 1.82) is 0 Å². The molecule has 1 aliphatic carbocycles. The van der Waals surface area contributed by atoms with Crippen LogP contribution in [0.2, 0.25) is 10.0 Å². The van der Waals surface area contributed by atoms with Crippen molar-refractivity contribution in [1.82, 2.24) is 15.0 Å². The van der Waals surface area contributed by atoms with Crippen molar-refractivity contribution in [2.24, 2.45) is 5.10 Å². The van der Waals surface area contributed by atoms with Gasteiger partial charge in [0, 0.05) is 21.5 Å². The first-order chi connectivity index (χ1) is 17.8. The molecule has 188 valence electrons. The SMILES string of the molecule is O=C(CSc1nc2sc3c(c2c(=O)n1-c1ccc(Cl)cc1)CCC3)NN=Cc1ccc(Cl)c([N+](=O)[O-])c1. The second kappa shape index (κ2) is 10.6. The lowest BCUT2D eigenvalue weighted by Gasteiger charge is -2.12. The molecule has 2 aromatic carbocycles. The summed E-state index contributed by atoms with van der Waals surface area (Å²) in [6, 6.07) is 11.1. The van der Waals surface area contributed by atoms with Crippen LogP contribution in [0.4, 0.5) is 5.69 Å². The standard InChI is InChI=1S/C24H17Cl2N5O4S2/c25-14-5-7-15(8-6-14)30-23(33)21-16-2-1-3-19(16)37-22(21)28-24(30)36-12-20(32)29-27-11-13-4-9-17(26)18(10-13)31(34)35/h4-11H,1-3,12H2,(H,29,32). The normalized spacial score (nSPS) is 12.8. The fourth-order valence-corrected chi connectivity index (χ4v) is 6.45. The predicted molar refractivity (Wildman–Crippen MR) is 147 cm³/mol. The van der Waals surface area contributed by atoms with Crippen molar-refractivity contribution in [2.75, 3.05) is 5.75 Å². The van der Waals surface area contributed by atoms with Crippen molar-refractivity contribution in [3.63, 3.8) is 0 Å². The molecule has 4 aromatic rings. The van der Waals surface area contributed by atoms with Crippen LogP contribution in [0, 0.1) is 10.1 Å². The Morgan fingerprint density at radius 3 is 2.78 bits per heavy atom. The maximum atomic E-state index is 13.6. The van der Waals surface area contributed by atoms with Crippen LogP contribution in [0.1, 0.15) is 22.4 Å². The van der Waals surface area contributed by atoms with Gasteiger partial charge in [0.15, 0.2) is 5.16 Å². The first-order valence-corrected chi connectivity index (χ1v) is 13.6. The van der Waals surface area contributed by atoms with Crippen LogP contribution in [0.5, 0.6) is 0 Å². The van der Waals surface area contributed by atoms with Gasteiger partial charge >= 0.3 is 0 Å². The molecule has 0 bridgehead atoms. The number of hydrogen-bond donors (Lipinski definition) is 1. The molecule has 9 nitrogen and oxygen atoms in total. The average molecular weight is 574 g/mol. The molecule has 1 amide bonds. The van der Waals surface area contributed by atoms with Gasteiger partial charge in [-0.25, -0.2) is 10.4 Å². The molecule has 37 heavy (non-hydrogen) atoms. The van der Waals surface area contributed by atoms with Crippen LogP contribution in [0.15, 0.2) is 57.5 Å². The maximum absolute atomic E-state index is 13.6. The quantitative estimate of drug-likeness (QED) is 0.104. The largest absolute Gasteiger partial charge is 0.288 e. The van der Waals surface area contributed by atoms with Gasteiger partial charge < -0.3 is 0 Å². The van der Waals surface area contributed by atoms with Crippen LogP contribution >= 0.6 is 46.3 Å². The van der Waals surface area contributed by atoms with Crippen molar-refractivity contribution >= 4 is 74.3 Å². The van der Waals surface area contributed by atoms with Crippen molar-refractivity contribution in [2.45, 2.75) is 24.4 Å². The summed E-state index contributed by atoms with van der Waals surface area (Å²) >= 11 is 14.5. The fraction of sp³-hybridized carbons (Fsp3) is 0.167. The van der Waals surface area contributed by atoms with E-state index in [1.807, 2.05) is 0 Å². The van der Waals surface area contributed by atoms with Gasteiger partial charge in [-0.3, -0.25) is 24.3 Å². The van der Waals surface area contributed by atoms with E-state index >= 15 is 0 Å². The van der Waals surface area contributed by atoms with Gasteiger partial charge in [0.1, 0.15) is 9.85 Å². The molecule has 2 heterocycles. The number of benzene rings is 2.